The van der Waals surface area contributed by atoms with Crippen molar-refractivity contribution >= 4 is 9.84 Å². The van der Waals surface area contributed by atoms with E-state index in [1.807, 2.05) is 6.92 Å². The van der Waals surface area contributed by atoms with Crippen LogP contribution in [0.2, 0.25) is 0 Å². The first kappa shape index (κ1) is 14.1. The molecule has 1 atom stereocenters. The van der Waals surface area contributed by atoms with E-state index in [9.17, 15) is 13.5 Å². The molecule has 98 valence electrons. The highest BCUT2D eigenvalue weighted by Crippen LogP contribution is 2.31. The van der Waals surface area contributed by atoms with Gasteiger partial charge in [0.2, 0.25) is 0 Å². The molecule has 0 amide bonds. The number of hydrogen-bond acceptors (Lipinski definition) is 5. The van der Waals surface area contributed by atoms with E-state index in [0.717, 1.165) is 12.7 Å². The standard InChI is InChI=1S/C10H19N3O3S/c1-5-6-13-8(7-11-12-13)9(14)10(2,3)17(4,15)16/h7,9,14H,5-6H2,1-4H3. The highest BCUT2D eigenvalue weighted by Gasteiger charge is 2.40. The highest BCUT2D eigenvalue weighted by molar-refractivity contribution is 7.92. The molecule has 17 heavy (non-hydrogen) atoms. The number of sulfone groups is 1. The third-order valence-electron chi connectivity index (χ3n) is 2.98. The van der Waals surface area contributed by atoms with Crippen LogP contribution >= 0.6 is 0 Å². The van der Waals surface area contributed by atoms with Crippen LogP contribution in [0.1, 0.15) is 39.0 Å². The lowest BCUT2D eigenvalue weighted by atomic mass is 10.0. The van der Waals surface area contributed by atoms with Crippen molar-refractivity contribution in [1.82, 2.24) is 15.0 Å². The smallest absolute Gasteiger partial charge is 0.155 e. The fourth-order valence-electron chi connectivity index (χ4n) is 1.42. The van der Waals surface area contributed by atoms with Gasteiger partial charge in [0.15, 0.2) is 9.84 Å². The van der Waals surface area contributed by atoms with Gasteiger partial charge < -0.3 is 5.11 Å². The van der Waals surface area contributed by atoms with Crippen LogP contribution in [0, 0.1) is 0 Å². The third kappa shape index (κ3) is 2.66. The van der Waals surface area contributed by atoms with Gasteiger partial charge in [0.25, 0.3) is 0 Å². The summed E-state index contributed by atoms with van der Waals surface area (Å²) in [7, 11) is -3.38. The quantitative estimate of drug-likeness (QED) is 0.836. The monoisotopic (exact) mass is 261 g/mol. The second kappa shape index (κ2) is 4.73. The van der Waals surface area contributed by atoms with Crippen LogP contribution in [0.25, 0.3) is 0 Å². The minimum Gasteiger partial charge on any atom is -0.385 e. The summed E-state index contributed by atoms with van der Waals surface area (Å²) in [5.74, 6) is 0. The molecule has 1 aromatic rings. The van der Waals surface area contributed by atoms with Crippen molar-refractivity contribution in [2.45, 2.75) is 44.6 Å². The number of aromatic nitrogens is 3. The molecule has 0 saturated heterocycles. The first-order chi connectivity index (χ1) is 7.71. The fraction of sp³-hybridized carbons (Fsp3) is 0.800. The molecular weight excluding hydrogens is 242 g/mol. The molecule has 0 bridgehead atoms. The zero-order valence-electron chi connectivity index (χ0n) is 10.6. The maximum absolute atomic E-state index is 11.6. The van der Waals surface area contributed by atoms with E-state index < -0.39 is 20.7 Å². The van der Waals surface area contributed by atoms with Crippen molar-refractivity contribution in [3.8, 4) is 0 Å². The van der Waals surface area contributed by atoms with Gasteiger partial charge in [-0.05, 0) is 20.3 Å². The molecule has 0 spiro atoms. The van der Waals surface area contributed by atoms with Crippen molar-refractivity contribution < 1.29 is 13.5 Å². The molecule has 0 fully saturated rings. The van der Waals surface area contributed by atoms with E-state index in [4.69, 9.17) is 0 Å². The van der Waals surface area contributed by atoms with Gasteiger partial charge in [-0.1, -0.05) is 12.1 Å². The minimum atomic E-state index is -3.38. The Kier molecular flexibility index (Phi) is 3.93. The average molecular weight is 261 g/mol. The van der Waals surface area contributed by atoms with Gasteiger partial charge in [0.05, 0.1) is 16.6 Å². The zero-order chi connectivity index (χ0) is 13.3. The Morgan fingerprint density at radius 2 is 2.12 bits per heavy atom. The minimum absolute atomic E-state index is 0.433. The number of nitrogens with zero attached hydrogens (tertiary/aromatic N) is 3. The maximum atomic E-state index is 11.6. The first-order valence-corrected chi connectivity index (χ1v) is 7.37. The Bertz CT molecular complexity index is 479. The average Bonchev–Trinajstić information content (AvgIpc) is 2.63. The molecule has 1 rings (SSSR count). The van der Waals surface area contributed by atoms with E-state index >= 15 is 0 Å². The summed E-state index contributed by atoms with van der Waals surface area (Å²) in [6.07, 6.45) is 2.22. The van der Waals surface area contributed by atoms with Crippen LogP contribution in [0.5, 0.6) is 0 Å². The normalized spacial score (nSPS) is 14.9. The molecule has 1 heterocycles. The summed E-state index contributed by atoms with van der Waals surface area (Å²) < 4.78 is 23.6. The van der Waals surface area contributed by atoms with Gasteiger partial charge in [0.1, 0.15) is 6.10 Å². The van der Waals surface area contributed by atoms with E-state index in [-0.39, 0.29) is 0 Å². The fourth-order valence-corrected chi connectivity index (χ4v) is 1.95. The van der Waals surface area contributed by atoms with Gasteiger partial charge in [0, 0.05) is 12.8 Å². The van der Waals surface area contributed by atoms with Crippen molar-refractivity contribution in [3.63, 3.8) is 0 Å². The Morgan fingerprint density at radius 3 is 2.59 bits per heavy atom. The predicted molar refractivity (Wildman–Crippen MR) is 64.2 cm³/mol. The number of hydrogen-bond donors (Lipinski definition) is 1. The van der Waals surface area contributed by atoms with E-state index in [2.05, 4.69) is 10.3 Å². The molecule has 0 aliphatic heterocycles. The summed E-state index contributed by atoms with van der Waals surface area (Å²) in [4.78, 5) is 0. The zero-order valence-corrected chi connectivity index (χ0v) is 11.4. The second-order valence-corrected chi connectivity index (χ2v) is 7.26. The molecule has 1 unspecified atom stereocenters. The molecule has 1 N–H and O–H groups in total. The summed E-state index contributed by atoms with van der Waals surface area (Å²) in [5.41, 5.74) is 0.433. The van der Waals surface area contributed by atoms with E-state index in [0.29, 0.717) is 12.2 Å². The van der Waals surface area contributed by atoms with Crippen LogP contribution in [-0.2, 0) is 16.4 Å². The number of aryl methyl sites for hydroxylation is 1. The van der Waals surface area contributed by atoms with Crippen molar-refractivity contribution in [2.24, 2.45) is 0 Å². The van der Waals surface area contributed by atoms with Gasteiger partial charge >= 0.3 is 0 Å². The van der Waals surface area contributed by atoms with Crippen molar-refractivity contribution in [3.05, 3.63) is 11.9 Å². The van der Waals surface area contributed by atoms with Crippen LogP contribution < -0.4 is 0 Å². The van der Waals surface area contributed by atoms with Crippen molar-refractivity contribution in [1.29, 1.82) is 0 Å². The molecule has 0 saturated carbocycles. The SMILES string of the molecule is CCCn1nncc1C(O)C(C)(C)S(C)(=O)=O. The predicted octanol–water partition coefficient (Wildman–Crippen LogP) is 0.545. The van der Waals surface area contributed by atoms with Gasteiger partial charge in [-0.25, -0.2) is 13.1 Å². The summed E-state index contributed by atoms with van der Waals surface area (Å²) in [6, 6.07) is 0. The number of aliphatic hydroxyl groups is 1. The summed E-state index contributed by atoms with van der Waals surface area (Å²) in [5, 5.41) is 17.8. The Labute approximate surface area is 102 Å². The molecule has 0 radical (unpaired) electrons. The molecule has 0 aliphatic carbocycles. The van der Waals surface area contributed by atoms with Crippen LogP contribution in [0.4, 0.5) is 0 Å². The Balaban J connectivity index is 3.12. The number of rotatable bonds is 5. The molecular formula is C10H19N3O3S. The van der Waals surface area contributed by atoms with E-state index in [1.165, 1.54) is 24.7 Å². The van der Waals surface area contributed by atoms with Gasteiger partial charge in [-0.2, -0.15) is 0 Å². The largest absolute Gasteiger partial charge is 0.385 e. The number of aliphatic hydroxyl groups excluding tert-OH is 1. The van der Waals surface area contributed by atoms with Crippen LogP contribution in [-0.4, -0.2) is 39.5 Å². The first-order valence-electron chi connectivity index (χ1n) is 5.48. The van der Waals surface area contributed by atoms with Gasteiger partial charge in [-0.3, -0.25) is 0 Å². The Hall–Kier alpha value is -0.950. The lowest BCUT2D eigenvalue weighted by Crippen LogP contribution is -2.38. The summed E-state index contributed by atoms with van der Waals surface area (Å²) >= 11 is 0. The molecule has 1 aromatic heterocycles. The molecule has 7 heteroatoms. The molecule has 0 aliphatic rings. The van der Waals surface area contributed by atoms with Crippen molar-refractivity contribution in [2.75, 3.05) is 6.26 Å². The lowest BCUT2D eigenvalue weighted by Gasteiger charge is -2.28. The second-order valence-electron chi connectivity index (χ2n) is 4.66. The third-order valence-corrected chi connectivity index (χ3v) is 5.11. The highest BCUT2D eigenvalue weighted by atomic mass is 32.2. The van der Waals surface area contributed by atoms with Crippen LogP contribution in [0.3, 0.4) is 0 Å². The summed E-state index contributed by atoms with van der Waals surface area (Å²) in [6.45, 7) is 5.57. The van der Waals surface area contributed by atoms with Gasteiger partial charge in [-0.15, -0.1) is 5.10 Å². The molecule has 0 aromatic carbocycles. The van der Waals surface area contributed by atoms with E-state index in [1.54, 1.807) is 0 Å². The lowest BCUT2D eigenvalue weighted by molar-refractivity contribution is 0.129. The topological polar surface area (TPSA) is 85.1 Å². The molecule has 6 nitrogen and oxygen atoms in total. The maximum Gasteiger partial charge on any atom is 0.155 e. The van der Waals surface area contributed by atoms with Crippen LogP contribution in [0.15, 0.2) is 6.20 Å². The Morgan fingerprint density at radius 1 is 1.53 bits per heavy atom.